The van der Waals surface area contributed by atoms with Crippen LogP contribution in [0.25, 0.3) is 0 Å². The zero-order valence-corrected chi connectivity index (χ0v) is 15.9. The van der Waals surface area contributed by atoms with Gasteiger partial charge >= 0.3 is 12.0 Å². The van der Waals surface area contributed by atoms with Gasteiger partial charge in [-0.1, -0.05) is 17.7 Å². The van der Waals surface area contributed by atoms with Gasteiger partial charge in [0, 0.05) is 19.3 Å². The van der Waals surface area contributed by atoms with Gasteiger partial charge in [-0.15, -0.1) is 0 Å². The zero-order valence-electron chi connectivity index (χ0n) is 15.9. The summed E-state index contributed by atoms with van der Waals surface area (Å²) in [5, 5.41) is 2.21. The fourth-order valence-electron chi connectivity index (χ4n) is 3.28. The molecule has 0 saturated carbocycles. The molecule has 148 valence electrons. The van der Waals surface area contributed by atoms with Crippen molar-refractivity contribution in [2.24, 2.45) is 5.92 Å². The molecular weight excluding hydrogens is 362 g/mol. The van der Waals surface area contributed by atoms with Gasteiger partial charge in [-0.25, -0.2) is 9.69 Å². The van der Waals surface area contributed by atoms with Crippen LogP contribution in [0.15, 0.2) is 36.0 Å². The van der Waals surface area contributed by atoms with Crippen LogP contribution in [0, 0.1) is 12.8 Å². The van der Waals surface area contributed by atoms with Crippen LogP contribution in [0.4, 0.5) is 10.5 Å². The van der Waals surface area contributed by atoms with Gasteiger partial charge in [-0.2, -0.15) is 0 Å². The number of likely N-dealkylation sites (tertiary alicyclic amines) is 1. The van der Waals surface area contributed by atoms with Crippen LogP contribution in [-0.2, 0) is 19.1 Å². The molecule has 8 nitrogen and oxygen atoms in total. The predicted molar refractivity (Wildman–Crippen MR) is 101 cm³/mol. The molecule has 0 aliphatic carbocycles. The molecule has 1 aromatic rings. The molecule has 2 aliphatic heterocycles. The second-order valence-corrected chi connectivity index (χ2v) is 6.84. The van der Waals surface area contributed by atoms with Crippen molar-refractivity contribution in [3.63, 3.8) is 0 Å². The first-order chi connectivity index (χ1) is 13.4. The minimum Gasteiger partial charge on any atom is -0.466 e. The number of imide groups is 2. The molecule has 2 heterocycles. The summed E-state index contributed by atoms with van der Waals surface area (Å²) in [6, 6.07) is 6.12. The Balaban J connectivity index is 1.75. The van der Waals surface area contributed by atoms with Gasteiger partial charge in [0.2, 0.25) is 0 Å². The van der Waals surface area contributed by atoms with Crippen LogP contribution in [0.2, 0.25) is 0 Å². The quantitative estimate of drug-likeness (QED) is 0.482. The third-order valence-electron chi connectivity index (χ3n) is 4.86. The Morgan fingerprint density at radius 3 is 2.43 bits per heavy atom. The summed E-state index contributed by atoms with van der Waals surface area (Å²) in [7, 11) is 0. The summed E-state index contributed by atoms with van der Waals surface area (Å²) in [6.45, 7) is 5.06. The van der Waals surface area contributed by atoms with Gasteiger partial charge in [-0.05, 0) is 38.8 Å². The molecular formula is C20H23N3O5. The number of rotatable bonds is 4. The van der Waals surface area contributed by atoms with Crippen molar-refractivity contribution in [3.8, 4) is 0 Å². The fourth-order valence-corrected chi connectivity index (χ4v) is 3.28. The maximum Gasteiger partial charge on any atom is 0.335 e. The number of barbiturate groups is 1. The molecule has 2 saturated heterocycles. The number of carbonyl (C=O) groups is 4. The first kappa shape index (κ1) is 19.6. The van der Waals surface area contributed by atoms with E-state index in [0.717, 1.165) is 10.5 Å². The highest BCUT2D eigenvalue weighted by molar-refractivity contribution is 6.37. The Hall–Kier alpha value is -3.16. The molecule has 28 heavy (non-hydrogen) atoms. The number of hydrogen-bond donors (Lipinski definition) is 1. The van der Waals surface area contributed by atoms with E-state index in [-0.39, 0.29) is 17.5 Å². The number of hydrogen-bond acceptors (Lipinski definition) is 6. The van der Waals surface area contributed by atoms with Crippen LogP contribution < -0.4 is 10.2 Å². The summed E-state index contributed by atoms with van der Waals surface area (Å²) < 4.78 is 5.05. The molecule has 2 fully saturated rings. The monoisotopic (exact) mass is 385 g/mol. The number of anilines is 1. The van der Waals surface area contributed by atoms with E-state index in [2.05, 4.69) is 5.32 Å². The molecule has 0 atom stereocenters. The number of carbonyl (C=O) groups excluding carboxylic acids is 4. The molecule has 1 aromatic carbocycles. The van der Waals surface area contributed by atoms with Gasteiger partial charge in [0.1, 0.15) is 5.57 Å². The van der Waals surface area contributed by atoms with Crippen molar-refractivity contribution >= 4 is 29.5 Å². The van der Waals surface area contributed by atoms with Crippen LogP contribution >= 0.6 is 0 Å². The predicted octanol–water partition coefficient (Wildman–Crippen LogP) is 1.74. The van der Waals surface area contributed by atoms with Crippen molar-refractivity contribution in [2.75, 3.05) is 24.6 Å². The SMILES string of the molecule is CCOC(=O)C1CCN(/C=C2/C(=O)NC(=O)N(c3ccc(C)cc3)C2=O)CC1. The largest absolute Gasteiger partial charge is 0.466 e. The van der Waals surface area contributed by atoms with E-state index >= 15 is 0 Å². The van der Waals surface area contributed by atoms with Gasteiger partial charge in [-0.3, -0.25) is 19.7 Å². The maximum atomic E-state index is 12.8. The van der Waals surface area contributed by atoms with E-state index in [1.165, 1.54) is 6.20 Å². The van der Waals surface area contributed by atoms with E-state index in [0.29, 0.717) is 38.2 Å². The van der Waals surface area contributed by atoms with Gasteiger partial charge in [0.25, 0.3) is 11.8 Å². The first-order valence-electron chi connectivity index (χ1n) is 9.29. The van der Waals surface area contributed by atoms with Crippen LogP contribution in [0.1, 0.15) is 25.3 Å². The van der Waals surface area contributed by atoms with Gasteiger partial charge in [0.05, 0.1) is 18.2 Å². The van der Waals surface area contributed by atoms with Crippen LogP contribution in [-0.4, -0.2) is 48.4 Å². The lowest BCUT2D eigenvalue weighted by Crippen LogP contribution is -2.55. The highest BCUT2D eigenvalue weighted by Gasteiger charge is 2.37. The van der Waals surface area contributed by atoms with Crippen molar-refractivity contribution in [1.29, 1.82) is 0 Å². The number of nitrogens with zero attached hydrogens (tertiary/aromatic N) is 2. The second-order valence-electron chi connectivity index (χ2n) is 6.84. The number of urea groups is 1. The Kier molecular flexibility index (Phi) is 5.77. The number of esters is 1. The normalized spacial score (nSPS) is 19.8. The molecule has 0 radical (unpaired) electrons. The van der Waals surface area contributed by atoms with E-state index in [1.54, 1.807) is 31.2 Å². The summed E-state index contributed by atoms with van der Waals surface area (Å²) in [5.74, 6) is -1.76. The van der Waals surface area contributed by atoms with Crippen LogP contribution in [0.3, 0.4) is 0 Å². The lowest BCUT2D eigenvalue weighted by atomic mass is 9.97. The Morgan fingerprint density at radius 1 is 1.18 bits per heavy atom. The zero-order chi connectivity index (χ0) is 20.3. The number of ether oxygens (including phenoxy) is 1. The minimum atomic E-state index is -0.767. The first-order valence-corrected chi connectivity index (χ1v) is 9.29. The van der Waals surface area contributed by atoms with Crippen LogP contribution in [0.5, 0.6) is 0 Å². The Morgan fingerprint density at radius 2 is 1.82 bits per heavy atom. The van der Waals surface area contributed by atoms with Crippen molar-refractivity contribution in [2.45, 2.75) is 26.7 Å². The molecule has 0 bridgehead atoms. The highest BCUT2D eigenvalue weighted by Crippen LogP contribution is 2.23. The molecule has 4 amide bonds. The van der Waals surface area contributed by atoms with Crippen molar-refractivity contribution < 1.29 is 23.9 Å². The summed E-state index contributed by atoms with van der Waals surface area (Å²) in [4.78, 5) is 51.9. The average Bonchev–Trinajstić information content (AvgIpc) is 2.67. The Labute approximate surface area is 163 Å². The number of piperidine rings is 1. The van der Waals surface area contributed by atoms with Gasteiger partial charge < -0.3 is 9.64 Å². The van der Waals surface area contributed by atoms with E-state index in [4.69, 9.17) is 4.74 Å². The van der Waals surface area contributed by atoms with E-state index in [1.807, 2.05) is 11.8 Å². The Bertz CT molecular complexity index is 823. The van der Waals surface area contributed by atoms with Crippen molar-refractivity contribution in [1.82, 2.24) is 10.2 Å². The topological polar surface area (TPSA) is 96.0 Å². The van der Waals surface area contributed by atoms with E-state index < -0.39 is 17.8 Å². The van der Waals surface area contributed by atoms with E-state index in [9.17, 15) is 19.2 Å². The summed E-state index contributed by atoms with van der Waals surface area (Å²) in [6.07, 6.45) is 2.64. The molecule has 0 aromatic heterocycles. The highest BCUT2D eigenvalue weighted by atomic mass is 16.5. The third kappa shape index (κ3) is 4.05. The summed E-state index contributed by atoms with van der Waals surface area (Å²) in [5.41, 5.74) is 1.28. The number of benzene rings is 1. The standard InChI is InChI=1S/C20H23N3O5/c1-3-28-19(26)14-8-10-22(11-9-14)12-16-17(24)21-20(27)23(18(16)25)15-6-4-13(2)5-7-15/h4-7,12,14H,3,8-11H2,1-2H3,(H,21,24,27)/b16-12-. The lowest BCUT2D eigenvalue weighted by Gasteiger charge is -2.32. The molecule has 1 N–H and O–H groups in total. The molecule has 0 spiro atoms. The smallest absolute Gasteiger partial charge is 0.335 e. The molecule has 2 aliphatic rings. The second kappa shape index (κ2) is 8.24. The summed E-state index contributed by atoms with van der Waals surface area (Å²) >= 11 is 0. The fraction of sp³-hybridized carbons (Fsp3) is 0.400. The van der Waals surface area contributed by atoms with Gasteiger partial charge in [0.15, 0.2) is 0 Å². The number of nitrogens with one attached hydrogen (secondary N) is 1. The number of amides is 4. The third-order valence-corrected chi connectivity index (χ3v) is 4.86. The maximum absolute atomic E-state index is 12.8. The molecule has 8 heteroatoms. The molecule has 3 rings (SSSR count). The van der Waals surface area contributed by atoms with Crippen molar-refractivity contribution in [3.05, 3.63) is 41.6 Å². The lowest BCUT2D eigenvalue weighted by molar-refractivity contribution is -0.149. The minimum absolute atomic E-state index is 0.102. The number of aryl methyl sites for hydroxylation is 1. The molecule has 0 unspecified atom stereocenters. The average molecular weight is 385 g/mol.